The van der Waals surface area contributed by atoms with Crippen LogP contribution in [0.4, 0.5) is 5.69 Å². The van der Waals surface area contributed by atoms with Crippen molar-refractivity contribution in [2.45, 2.75) is 6.92 Å². The Morgan fingerprint density at radius 2 is 1.89 bits per heavy atom. The number of nitrogens with two attached hydrogens (primary N) is 1. The van der Waals surface area contributed by atoms with Crippen LogP contribution >= 0.6 is 0 Å². The average molecular weight is 251 g/mol. The molecule has 2 aromatic carbocycles. The van der Waals surface area contributed by atoms with E-state index < -0.39 is 0 Å². The number of carbonyl (C=O) groups excluding carboxylic acids is 1. The van der Waals surface area contributed by atoms with Crippen LogP contribution in [0.2, 0.25) is 0 Å². The quantitative estimate of drug-likeness (QED) is 0.559. The largest absolute Gasteiger partial charge is 0.453 e. The summed E-state index contributed by atoms with van der Waals surface area (Å²) in [4.78, 5) is 12.3. The zero-order chi connectivity index (χ0) is 13.4. The number of nitrogen functional groups attached to an aromatic ring is 1. The van der Waals surface area contributed by atoms with Crippen molar-refractivity contribution in [3.63, 3.8) is 0 Å². The highest BCUT2D eigenvalue weighted by Gasteiger charge is 2.16. The highest BCUT2D eigenvalue weighted by molar-refractivity contribution is 6.11. The highest BCUT2D eigenvalue weighted by Crippen LogP contribution is 2.24. The molecule has 0 bridgehead atoms. The van der Waals surface area contributed by atoms with Gasteiger partial charge in [-0.2, -0.15) is 0 Å². The molecule has 0 spiro atoms. The van der Waals surface area contributed by atoms with Gasteiger partial charge in [0, 0.05) is 16.6 Å². The standard InChI is InChI=1S/C16H13NO2/c1-10-6-7-14-11(8-10)9-15(19-14)16(18)12-4-2-3-5-13(12)17/h2-9H,17H2,1H3. The molecule has 3 rings (SSSR count). The number of ketones is 1. The van der Waals surface area contributed by atoms with Gasteiger partial charge in [-0.15, -0.1) is 0 Å². The minimum Gasteiger partial charge on any atom is -0.453 e. The molecule has 3 aromatic rings. The molecule has 0 amide bonds. The molecule has 1 aromatic heterocycles. The maximum atomic E-state index is 12.3. The van der Waals surface area contributed by atoms with Gasteiger partial charge >= 0.3 is 0 Å². The lowest BCUT2D eigenvalue weighted by atomic mass is 10.1. The first-order valence-corrected chi connectivity index (χ1v) is 6.04. The van der Waals surface area contributed by atoms with Crippen molar-refractivity contribution in [3.05, 3.63) is 65.4 Å². The van der Waals surface area contributed by atoms with Crippen molar-refractivity contribution in [1.82, 2.24) is 0 Å². The van der Waals surface area contributed by atoms with Gasteiger partial charge in [0.25, 0.3) is 0 Å². The van der Waals surface area contributed by atoms with Crippen LogP contribution < -0.4 is 5.73 Å². The molecule has 1 heterocycles. The SMILES string of the molecule is Cc1ccc2oc(C(=O)c3ccccc3N)cc2c1. The summed E-state index contributed by atoms with van der Waals surface area (Å²) in [5.41, 5.74) is 8.59. The number of anilines is 1. The molecule has 2 N–H and O–H groups in total. The summed E-state index contributed by atoms with van der Waals surface area (Å²) in [7, 11) is 0. The summed E-state index contributed by atoms with van der Waals surface area (Å²) in [6, 6.07) is 14.6. The van der Waals surface area contributed by atoms with E-state index in [0.717, 1.165) is 10.9 Å². The topological polar surface area (TPSA) is 56.2 Å². The van der Waals surface area contributed by atoms with E-state index in [1.165, 1.54) is 0 Å². The summed E-state index contributed by atoms with van der Waals surface area (Å²) in [6.45, 7) is 2.00. The number of rotatable bonds is 2. The number of carbonyl (C=O) groups is 1. The molecular formula is C16H13NO2. The third-order valence-corrected chi connectivity index (χ3v) is 3.10. The second-order valence-corrected chi connectivity index (χ2v) is 4.57. The number of furan rings is 1. The highest BCUT2D eigenvalue weighted by atomic mass is 16.3. The fourth-order valence-corrected chi connectivity index (χ4v) is 2.11. The van der Waals surface area contributed by atoms with E-state index in [1.54, 1.807) is 30.3 Å². The lowest BCUT2D eigenvalue weighted by Gasteiger charge is -2.01. The van der Waals surface area contributed by atoms with E-state index >= 15 is 0 Å². The minimum absolute atomic E-state index is 0.188. The molecule has 0 atom stereocenters. The Morgan fingerprint density at radius 3 is 2.68 bits per heavy atom. The van der Waals surface area contributed by atoms with E-state index in [2.05, 4.69) is 0 Å². The first-order chi connectivity index (χ1) is 9.15. The van der Waals surface area contributed by atoms with E-state index in [4.69, 9.17) is 10.2 Å². The predicted molar refractivity (Wildman–Crippen MR) is 75.2 cm³/mol. The van der Waals surface area contributed by atoms with Gasteiger partial charge in [0.2, 0.25) is 5.78 Å². The zero-order valence-corrected chi connectivity index (χ0v) is 10.5. The molecule has 0 aliphatic heterocycles. The molecule has 19 heavy (non-hydrogen) atoms. The number of benzene rings is 2. The third kappa shape index (κ3) is 1.99. The fraction of sp³-hybridized carbons (Fsp3) is 0.0625. The van der Waals surface area contributed by atoms with Crippen LogP contribution in [0, 0.1) is 6.92 Å². The molecule has 0 unspecified atom stereocenters. The van der Waals surface area contributed by atoms with Crippen molar-refractivity contribution in [2.75, 3.05) is 5.73 Å². The molecule has 3 heteroatoms. The van der Waals surface area contributed by atoms with Crippen molar-refractivity contribution in [1.29, 1.82) is 0 Å². The van der Waals surface area contributed by atoms with E-state index in [9.17, 15) is 4.79 Å². The van der Waals surface area contributed by atoms with Crippen LogP contribution in [0.5, 0.6) is 0 Å². The van der Waals surface area contributed by atoms with Gasteiger partial charge in [-0.1, -0.05) is 23.8 Å². The van der Waals surface area contributed by atoms with Crippen molar-refractivity contribution < 1.29 is 9.21 Å². The van der Waals surface area contributed by atoms with Gasteiger partial charge in [-0.3, -0.25) is 4.79 Å². The van der Waals surface area contributed by atoms with Crippen LogP contribution in [-0.2, 0) is 0 Å². The average Bonchev–Trinajstić information content (AvgIpc) is 2.81. The Morgan fingerprint density at radius 1 is 1.11 bits per heavy atom. The van der Waals surface area contributed by atoms with Gasteiger partial charge in [0.05, 0.1) is 0 Å². The Balaban J connectivity index is 2.09. The van der Waals surface area contributed by atoms with Crippen LogP contribution in [0.3, 0.4) is 0 Å². The number of hydrogen-bond donors (Lipinski definition) is 1. The zero-order valence-electron chi connectivity index (χ0n) is 10.5. The van der Waals surface area contributed by atoms with Crippen molar-refractivity contribution in [2.24, 2.45) is 0 Å². The smallest absolute Gasteiger partial charge is 0.230 e. The second-order valence-electron chi connectivity index (χ2n) is 4.57. The maximum absolute atomic E-state index is 12.3. The number of hydrogen-bond acceptors (Lipinski definition) is 3. The van der Waals surface area contributed by atoms with E-state index in [-0.39, 0.29) is 5.78 Å². The monoisotopic (exact) mass is 251 g/mol. The number of fused-ring (bicyclic) bond motifs is 1. The number of para-hydroxylation sites is 1. The summed E-state index contributed by atoms with van der Waals surface area (Å²) in [5, 5.41) is 0.929. The van der Waals surface area contributed by atoms with Gasteiger partial charge in [0.15, 0.2) is 5.76 Å². The van der Waals surface area contributed by atoms with E-state index in [0.29, 0.717) is 22.6 Å². The van der Waals surface area contributed by atoms with Gasteiger partial charge in [-0.25, -0.2) is 0 Å². The van der Waals surface area contributed by atoms with Gasteiger partial charge < -0.3 is 10.2 Å². The van der Waals surface area contributed by atoms with Gasteiger partial charge in [-0.05, 0) is 37.3 Å². The van der Waals surface area contributed by atoms with E-state index in [1.807, 2.05) is 25.1 Å². The van der Waals surface area contributed by atoms with Crippen LogP contribution in [-0.4, -0.2) is 5.78 Å². The summed E-state index contributed by atoms with van der Waals surface area (Å²) >= 11 is 0. The molecule has 0 saturated heterocycles. The Hall–Kier alpha value is -2.55. The summed E-state index contributed by atoms with van der Waals surface area (Å²) < 4.78 is 5.59. The van der Waals surface area contributed by atoms with Crippen LogP contribution in [0.25, 0.3) is 11.0 Å². The maximum Gasteiger partial charge on any atom is 0.230 e. The number of aryl methyl sites for hydroxylation is 1. The van der Waals surface area contributed by atoms with Crippen LogP contribution in [0.1, 0.15) is 21.7 Å². The lowest BCUT2D eigenvalue weighted by molar-refractivity contribution is 0.101. The predicted octanol–water partition coefficient (Wildman–Crippen LogP) is 3.55. The van der Waals surface area contributed by atoms with Crippen LogP contribution in [0.15, 0.2) is 52.9 Å². The van der Waals surface area contributed by atoms with Crippen molar-refractivity contribution in [3.8, 4) is 0 Å². The Labute approximate surface area is 110 Å². The van der Waals surface area contributed by atoms with Crippen molar-refractivity contribution >= 4 is 22.4 Å². The second kappa shape index (κ2) is 4.28. The molecule has 0 saturated carbocycles. The normalized spacial score (nSPS) is 10.8. The van der Waals surface area contributed by atoms with Gasteiger partial charge in [0.1, 0.15) is 5.58 Å². The molecule has 0 aliphatic carbocycles. The summed E-state index contributed by atoms with van der Waals surface area (Å²) in [5.74, 6) is 0.130. The lowest BCUT2D eigenvalue weighted by Crippen LogP contribution is -2.03. The first kappa shape index (κ1) is 11.5. The summed E-state index contributed by atoms with van der Waals surface area (Å²) in [6.07, 6.45) is 0. The third-order valence-electron chi connectivity index (χ3n) is 3.10. The minimum atomic E-state index is -0.188. The molecular weight excluding hydrogens is 238 g/mol. The Kier molecular flexibility index (Phi) is 2.60. The molecule has 3 nitrogen and oxygen atoms in total. The molecule has 94 valence electrons. The first-order valence-electron chi connectivity index (χ1n) is 6.04. The molecule has 0 aliphatic rings. The molecule has 0 radical (unpaired) electrons. The fourth-order valence-electron chi connectivity index (χ4n) is 2.11. The molecule has 0 fully saturated rings. The Bertz CT molecular complexity index is 771.